The van der Waals surface area contributed by atoms with Gasteiger partial charge in [0.1, 0.15) is 6.04 Å². The molecular formula is C30H34N2O3. The molecule has 4 aliphatic carbocycles. The van der Waals surface area contributed by atoms with E-state index in [-0.39, 0.29) is 35.6 Å². The van der Waals surface area contributed by atoms with E-state index in [1.54, 1.807) is 0 Å². The molecule has 35 heavy (non-hydrogen) atoms. The van der Waals surface area contributed by atoms with Crippen molar-refractivity contribution in [3.05, 3.63) is 65.7 Å². The number of imide groups is 1. The molecule has 5 nitrogen and oxygen atoms in total. The second kappa shape index (κ2) is 8.32. The second-order valence-corrected chi connectivity index (χ2v) is 11.6. The normalized spacial score (nSPS) is 32.2. The Bertz CT molecular complexity index is 1120. The number of carbonyl (C=O) groups excluding carboxylic acids is 3. The molecule has 7 rings (SSSR count). The van der Waals surface area contributed by atoms with Crippen molar-refractivity contribution in [2.24, 2.45) is 23.2 Å². The van der Waals surface area contributed by atoms with Crippen LogP contribution in [0, 0.1) is 30.1 Å². The first kappa shape index (κ1) is 22.5. The van der Waals surface area contributed by atoms with Gasteiger partial charge in [0.05, 0.1) is 23.6 Å². The predicted octanol–water partition coefficient (Wildman–Crippen LogP) is 5.43. The molecule has 2 unspecified atom stereocenters. The standard InChI is InChI=1S/C30H34N2O3/c1-19-8-10-25(11-9-19)32-27(33)15-26(28(32)34)31(20(2)24-6-4-3-5-7-24)29(35)30-16-21-12-22(17-30)14-23(13-21)18-30/h3-11,20-23,26H,12-18H2,1-2H3. The largest absolute Gasteiger partial charge is 0.323 e. The zero-order chi connectivity index (χ0) is 24.3. The summed E-state index contributed by atoms with van der Waals surface area (Å²) < 4.78 is 0. The van der Waals surface area contributed by atoms with Gasteiger partial charge in [-0.2, -0.15) is 0 Å². The number of amides is 3. The zero-order valence-electron chi connectivity index (χ0n) is 20.7. The van der Waals surface area contributed by atoms with Crippen molar-refractivity contribution in [1.82, 2.24) is 4.90 Å². The molecule has 4 bridgehead atoms. The first-order chi connectivity index (χ1) is 16.8. The van der Waals surface area contributed by atoms with Gasteiger partial charge in [-0.25, -0.2) is 4.90 Å². The van der Waals surface area contributed by atoms with Crippen LogP contribution in [0.5, 0.6) is 0 Å². The highest BCUT2D eigenvalue weighted by Gasteiger charge is 2.58. The zero-order valence-corrected chi connectivity index (χ0v) is 20.7. The molecule has 5 aliphatic rings. The summed E-state index contributed by atoms with van der Waals surface area (Å²) in [4.78, 5) is 44.7. The van der Waals surface area contributed by atoms with Crippen molar-refractivity contribution >= 4 is 23.4 Å². The van der Waals surface area contributed by atoms with Gasteiger partial charge < -0.3 is 4.90 Å². The predicted molar refractivity (Wildman–Crippen MR) is 134 cm³/mol. The van der Waals surface area contributed by atoms with Gasteiger partial charge in [-0.15, -0.1) is 0 Å². The van der Waals surface area contributed by atoms with E-state index in [1.165, 1.54) is 24.2 Å². The smallest absolute Gasteiger partial charge is 0.257 e. The number of hydrogen-bond donors (Lipinski definition) is 0. The van der Waals surface area contributed by atoms with Crippen LogP contribution in [0.3, 0.4) is 0 Å². The highest BCUT2D eigenvalue weighted by Crippen LogP contribution is 2.61. The molecular weight excluding hydrogens is 436 g/mol. The number of carbonyl (C=O) groups is 3. The van der Waals surface area contributed by atoms with Crippen molar-refractivity contribution in [3.8, 4) is 0 Å². The molecule has 0 aromatic heterocycles. The summed E-state index contributed by atoms with van der Waals surface area (Å²) in [5, 5.41) is 0. The highest BCUT2D eigenvalue weighted by molar-refractivity contribution is 6.23. The van der Waals surface area contributed by atoms with Crippen LogP contribution in [0.15, 0.2) is 54.6 Å². The maximum atomic E-state index is 14.6. The quantitative estimate of drug-likeness (QED) is 0.547. The molecule has 3 amide bonds. The molecule has 1 saturated heterocycles. The molecule has 0 radical (unpaired) electrons. The molecule has 1 aliphatic heterocycles. The molecule has 2 aromatic rings. The topological polar surface area (TPSA) is 57.7 Å². The maximum Gasteiger partial charge on any atom is 0.257 e. The molecule has 5 fully saturated rings. The number of rotatable bonds is 5. The number of nitrogens with zero attached hydrogens (tertiary/aromatic N) is 2. The first-order valence-corrected chi connectivity index (χ1v) is 13.2. The van der Waals surface area contributed by atoms with Gasteiger partial charge in [0.15, 0.2) is 0 Å². The van der Waals surface area contributed by atoms with E-state index < -0.39 is 6.04 Å². The Kier molecular flexibility index (Phi) is 5.35. The summed E-state index contributed by atoms with van der Waals surface area (Å²) in [7, 11) is 0. The van der Waals surface area contributed by atoms with E-state index in [0.29, 0.717) is 23.4 Å². The molecule has 4 saturated carbocycles. The van der Waals surface area contributed by atoms with Crippen molar-refractivity contribution < 1.29 is 14.4 Å². The SMILES string of the molecule is Cc1ccc(N2C(=O)CC(N(C(=O)C34CC5CC(CC(C5)C3)C4)C(C)c3ccccc3)C2=O)cc1. The minimum atomic E-state index is -0.764. The fourth-order valence-electron chi connectivity index (χ4n) is 7.92. The monoisotopic (exact) mass is 470 g/mol. The summed E-state index contributed by atoms with van der Waals surface area (Å²) in [5.41, 5.74) is 2.28. The van der Waals surface area contributed by atoms with Crippen molar-refractivity contribution in [3.63, 3.8) is 0 Å². The number of anilines is 1. The number of aryl methyl sites for hydroxylation is 1. The molecule has 182 valence electrons. The number of hydrogen-bond acceptors (Lipinski definition) is 3. The third-order valence-electron chi connectivity index (χ3n) is 9.18. The van der Waals surface area contributed by atoms with Crippen molar-refractivity contribution in [2.45, 2.75) is 70.9 Å². The highest BCUT2D eigenvalue weighted by atomic mass is 16.2. The average Bonchev–Trinajstić information content (AvgIpc) is 3.13. The maximum absolute atomic E-state index is 14.6. The van der Waals surface area contributed by atoms with E-state index in [0.717, 1.165) is 30.4 Å². The summed E-state index contributed by atoms with van der Waals surface area (Å²) in [6, 6.07) is 16.4. The van der Waals surface area contributed by atoms with Crippen LogP contribution in [0.4, 0.5) is 5.69 Å². The lowest BCUT2D eigenvalue weighted by Crippen LogP contribution is -2.58. The van der Waals surface area contributed by atoms with Crippen LogP contribution < -0.4 is 4.90 Å². The van der Waals surface area contributed by atoms with E-state index in [2.05, 4.69) is 0 Å². The Labute approximate surface area is 207 Å². The summed E-state index contributed by atoms with van der Waals surface area (Å²) in [6.45, 7) is 3.99. The lowest BCUT2D eigenvalue weighted by atomic mass is 9.49. The fourth-order valence-corrected chi connectivity index (χ4v) is 7.92. The molecule has 5 heteroatoms. The Hall–Kier alpha value is -2.95. The van der Waals surface area contributed by atoms with Crippen molar-refractivity contribution in [2.75, 3.05) is 4.90 Å². The van der Waals surface area contributed by atoms with E-state index in [9.17, 15) is 14.4 Å². The van der Waals surface area contributed by atoms with Crippen LogP contribution in [-0.2, 0) is 14.4 Å². The van der Waals surface area contributed by atoms with E-state index in [4.69, 9.17) is 0 Å². The molecule has 1 heterocycles. The van der Waals surface area contributed by atoms with Crippen molar-refractivity contribution in [1.29, 1.82) is 0 Å². The van der Waals surface area contributed by atoms with Gasteiger partial charge in [-0.05, 0) is 87.8 Å². The average molecular weight is 471 g/mol. The lowest BCUT2D eigenvalue weighted by Gasteiger charge is -2.57. The van der Waals surface area contributed by atoms with Gasteiger partial charge >= 0.3 is 0 Å². The lowest BCUT2D eigenvalue weighted by molar-refractivity contribution is -0.164. The molecule has 0 N–H and O–H groups in total. The minimum Gasteiger partial charge on any atom is -0.323 e. The fraction of sp³-hybridized carbons (Fsp3) is 0.500. The Balaban J connectivity index is 1.38. The van der Waals surface area contributed by atoms with E-state index >= 15 is 0 Å². The molecule has 2 atom stereocenters. The third-order valence-corrected chi connectivity index (χ3v) is 9.18. The first-order valence-electron chi connectivity index (χ1n) is 13.2. The van der Waals surface area contributed by atoms with Crippen LogP contribution >= 0.6 is 0 Å². The van der Waals surface area contributed by atoms with E-state index in [1.807, 2.05) is 73.3 Å². The van der Waals surface area contributed by atoms with Crippen LogP contribution in [0.2, 0.25) is 0 Å². The minimum absolute atomic E-state index is 0.0436. The summed E-state index contributed by atoms with van der Waals surface area (Å²) in [5.74, 6) is 1.48. The van der Waals surface area contributed by atoms with Gasteiger partial charge in [0, 0.05) is 0 Å². The Morgan fingerprint density at radius 3 is 2.06 bits per heavy atom. The van der Waals surface area contributed by atoms with Gasteiger partial charge in [0.25, 0.3) is 5.91 Å². The third kappa shape index (κ3) is 3.71. The van der Waals surface area contributed by atoms with Gasteiger partial charge in [0.2, 0.25) is 11.8 Å². The van der Waals surface area contributed by atoms with Crippen LogP contribution in [0.25, 0.3) is 0 Å². The molecule has 2 aromatic carbocycles. The Morgan fingerprint density at radius 2 is 1.49 bits per heavy atom. The molecule has 0 spiro atoms. The summed E-state index contributed by atoms with van der Waals surface area (Å²) in [6.07, 6.45) is 6.61. The van der Waals surface area contributed by atoms with Gasteiger partial charge in [-0.3, -0.25) is 14.4 Å². The van der Waals surface area contributed by atoms with Crippen LogP contribution in [0.1, 0.15) is 69.0 Å². The van der Waals surface area contributed by atoms with Gasteiger partial charge in [-0.1, -0.05) is 48.0 Å². The number of benzene rings is 2. The van der Waals surface area contributed by atoms with Crippen LogP contribution in [-0.4, -0.2) is 28.7 Å². The second-order valence-electron chi connectivity index (χ2n) is 11.6. The Morgan fingerprint density at radius 1 is 0.914 bits per heavy atom. The summed E-state index contributed by atoms with van der Waals surface area (Å²) >= 11 is 0.